The first-order valence-corrected chi connectivity index (χ1v) is 24.2. The molecule has 0 N–H and O–H groups in total. The Morgan fingerprint density at radius 3 is 1.24 bits per heavy atom. The maximum absolute atomic E-state index is 2.64. The molecule has 0 amide bonds. The predicted octanol–water partition coefficient (Wildman–Crippen LogP) is 17.4. The lowest BCUT2D eigenvalue weighted by Gasteiger charge is -2.34. The minimum Gasteiger partial charge on any atom is -0.309 e. The Bertz CT molecular complexity index is 3660. The predicted molar refractivity (Wildman–Crippen MR) is 283 cm³/mol. The molecule has 0 radical (unpaired) electrons. The van der Waals surface area contributed by atoms with Crippen LogP contribution in [-0.2, 0) is 16.2 Å². The molecule has 0 unspecified atom stereocenters. The molecule has 1 nitrogen and oxygen atoms in total. The van der Waals surface area contributed by atoms with Crippen molar-refractivity contribution < 1.29 is 0 Å². The molecule has 1 heteroatoms. The fraction of sp³-hybridized carbons (Fsp3) is 0.104. The van der Waals surface area contributed by atoms with Gasteiger partial charge in [-0.05, 0) is 130 Å². The second kappa shape index (κ2) is 14.0. The van der Waals surface area contributed by atoms with E-state index in [1.54, 1.807) is 0 Å². The number of hydrogen-bond donors (Lipinski definition) is 0. The summed E-state index contributed by atoms with van der Waals surface area (Å²) < 4.78 is 0. The molecule has 0 fully saturated rings. The zero-order chi connectivity index (χ0) is 45.5. The van der Waals surface area contributed by atoms with Crippen molar-refractivity contribution in [2.75, 3.05) is 4.90 Å². The molecule has 14 rings (SSSR count). The van der Waals surface area contributed by atoms with Crippen molar-refractivity contribution >= 4 is 17.1 Å². The molecule has 0 saturated heterocycles. The summed E-state index contributed by atoms with van der Waals surface area (Å²) in [6.07, 6.45) is 0. The van der Waals surface area contributed by atoms with Crippen LogP contribution >= 0.6 is 0 Å². The summed E-state index contributed by atoms with van der Waals surface area (Å²) in [6.45, 7) is 9.76. The molecule has 0 atom stereocenters. The lowest BCUT2D eigenvalue weighted by Crippen LogP contribution is -2.26. The first-order valence-electron chi connectivity index (χ1n) is 24.2. The number of hydrogen-bond acceptors (Lipinski definition) is 1. The van der Waals surface area contributed by atoms with E-state index in [2.05, 4.69) is 257 Å². The van der Waals surface area contributed by atoms with Crippen LogP contribution in [0.1, 0.15) is 72.2 Å². The molecule has 4 aliphatic carbocycles. The average Bonchev–Trinajstić information content (AvgIpc) is 4.02. The summed E-state index contributed by atoms with van der Waals surface area (Å²) >= 11 is 0. The highest BCUT2D eigenvalue weighted by molar-refractivity contribution is 6.07. The van der Waals surface area contributed by atoms with Gasteiger partial charge in [-0.3, -0.25) is 0 Å². The van der Waals surface area contributed by atoms with E-state index in [1.807, 2.05) is 0 Å². The summed E-state index contributed by atoms with van der Waals surface area (Å²) in [5.41, 5.74) is 28.8. The van der Waals surface area contributed by atoms with Crippen LogP contribution in [0.3, 0.4) is 0 Å². The zero-order valence-corrected chi connectivity index (χ0v) is 38.8. The number of fused-ring (bicyclic) bond motifs is 16. The second-order valence-electron chi connectivity index (χ2n) is 20.4. The van der Waals surface area contributed by atoms with Gasteiger partial charge in [0.05, 0.1) is 11.1 Å². The van der Waals surface area contributed by atoms with Gasteiger partial charge in [0, 0.05) is 33.3 Å². The van der Waals surface area contributed by atoms with Gasteiger partial charge in [-0.1, -0.05) is 222 Å². The number of benzene rings is 10. The summed E-state index contributed by atoms with van der Waals surface area (Å²) in [7, 11) is 0. The SMILES string of the molecule is CC1(C)c2ccccc2-c2c1cc1c(c2N(c2ccc(-c3ccccc3)cc2)c2ccc3c(c2)C2(c4ccccc4-c4ccccc42)c2ccccc2-3)-c2ccc(-c3ccccc3)cc2C1(C)C. The minimum atomic E-state index is -0.477. The van der Waals surface area contributed by atoms with E-state index in [0.717, 1.165) is 11.4 Å². The van der Waals surface area contributed by atoms with Crippen LogP contribution in [0, 0.1) is 0 Å². The highest BCUT2D eigenvalue weighted by Gasteiger charge is 2.52. The molecular weight excluding hydrogens is 819 g/mol. The first-order chi connectivity index (χ1) is 33.3. The van der Waals surface area contributed by atoms with E-state index < -0.39 is 5.41 Å². The zero-order valence-electron chi connectivity index (χ0n) is 38.8. The molecule has 68 heavy (non-hydrogen) atoms. The van der Waals surface area contributed by atoms with Crippen molar-refractivity contribution in [1.29, 1.82) is 0 Å². The quantitative estimate of drug-likeness (QED) is 0.167. The van der Waals surface area contributed by atoms with Crippen LogP contribution in [0.2, 0.25) is 0 Å². The molecule has 1 spiro atoms. The summed E-state index contributed by atoms with van der Waals surface area (Å²) in [5, 5.41) is 0. The molecule has 0 heterocycles. The van der Waals surface area contributed by atoms with Crippen molar-refractivity contribution in [3.05, 3.63) is 269 Å². The third kappa shape index (κ3) is 5.11. The van der Waals surface area contributed by atoms with E-state index in [0.29, 0.717) is 0 Å². The van der Waals surface area contributed by atoms with Gasteiger partial charge in [0.25, 0.3) is 0 Å². The lowest BCUT2D eigenvalue weighted by atomic mass is 9.70. The molecule has 0 saturated carbocycles. The number of rotatable bonds is 5. The molecular formula is C67H49N. The van der Waals surface area contributed by atoms with E-state index in [1.165, 1.54) is 117 Å². The Labute approximate surface area is 399 Å². The van der Waals surface area contributed by atoms with Crippen LogP contribution in [0.15, 0.2) is 224 Å². The van der Waals surface area contributed by atoms with E-state index >= 15 is 0 Å². The Balaban J connectivity index is 1.10. The first kappa shape index (κ1) is 39.2. The largest absolute Gasteiger partial charge is 0.309 e. The van der Waals surface area contributed by atoms with E-state index in [9.17, 15) is 0 Å². The molecule has 322 valence electrons. The van der Waals surface area contributed by atoms with Gasteiger partial charge >= 0.3 is 0 Å². The van der Waals surface area contributed by atoms with Gasteiger partial charge in [-0.2, -0.15) is 0 Å². The third-order valence-corrected chi connectivity index (χ3v) is 16.3. The van der Waals surface area contributed by atoms with E-state index in [4.69, 9.17) is 0 Å². The van der Waals surface area contributed by atoms with Crippen molar-refractivity contribution in [3.63, 3.8) is 0 Å². The lowest BCUT2D eigenvalue weighted by molar-refractivity contribution is 0.639. The highest BCUT2D eigenvalue weighted by Crippen LogP contribution is 2.66. The summed E-state index contributed by atoms with van der Waals surface area (Å²) in [6, 6.07) is 84.8. The Hall–Kier alpha value is -8.00. The fourth-order valence-electron chi connectivity index (χ4n) is 13.1. The van der Waals surface area contributed by atoms with Gasteiger partial charge in [-0.15, -0.1) is 0 Å². The van der Waals surface area contributed by atoms with Crippen molar-refractivity contribution in [1.82, 2.24) is 0 Å². The average molecular weight is 868 g/mol. The molecule has 10 aromatic rings. The minimum absolute atomic E-state index is 0.223. The standard InChI is InChI=1S/C67H49N/c1-65(2)54-27-15-14-26-52(54)62-60(65)41-61-63(53-37-33-45(39-58(53)66(61,3)4)43-21-9-6-10-22-43)64(62)68(46-34-31-44(32-35-46)42-19-7-5-8-20-42)47-36-38-51-50-25-13-18-30-57(50)67(59(51)40-47)55-28-16-11-23-48(55)49-24-12-17-29-56(49)67/h5-41H,1-4H3. The van der Waals surface area contributed by atoms with Gasteiger partial charge in [0.15, 0.2) is 0 Å². The Kier molecular flexibility index (Phi) is 8.08. The number of anilines is 3. The van der Waals surface area contributed by atoms with Crippen molar-refractivity contribution in [3.8, 4) is 66.8 Å². The maximum Gasteiger partial charge on any atom is 0.0726 e. The molecule has 0 aromatic heterocycles. The fourth-order valence-corrected chi connectivity index (χ4v) is 13.1. The maximum atomic E-state index is 2.64. The van der Waals surface area contributed by atoms with E-state index in [-0.39, 0.29) is 10.8 Å². The van der Waals surface area contributed by atoms with Crippen molar-refractivity contribution in [2.45, 2.75) is 43.9 Å². The number of nitrogens with zero attached hydrogens (tertiary/aromatic N) is 1. The molecule has 0 bridgehead atoms. The van der Waals surface area contributed by atoms with Crippen LogP contribution in [0.5, 0.6) is 0 Å². The summed E-state index contributed by atoms with van der Waals surface area (Å²) in [4.78, 5) is 2.64. The van der Waals surface area contributed by atoms with Crippen LogP contribution in [0.25, 0.3) is 66.8 Å². The van der Waals surface area contributed by atoms with Crippen LogP contribution in [0.4, 0.5) is 17.1 Å². The Morgan fingerprint density at radius 2 is 0.662 bits per heavy atom. The normalized spacial score (nSPS) is 15.1. The molecule has 10 aromatic carbocycles. The van der Waals surface area contributed by atoms with Gasteiger partial charge in [0.1, 0.15) is 0 Å². The highest BCUT2D eigenvalue weighted by atomic mass is 15.1. The molecule has 4 aliphatic rings. The summed E-state index contributed by atoms with van der Waals surface area (Å²) in [5.74, 6) is 0. The Morgan fingerprint density at radius 1 is 0.265 bits per heavy atom. The molecule has 0 aliphatic heterocycles. The van der Waals surface area contributed by atoms with Crippen molar-refractivity contribution in [2.24, 2.45) is 0 Å². The smallest absolute Gasteiger partial charge is 0.0726 e. The van der Waals surface area contributed by atoms with Crippen LogP contribution in [-0.4, -0.2) is 0 Å². The van der Waals surface area contributed by atoms with Gasteiger partial charge in [0.2, 0.25) is 0 Å². The second-order valence-corrected chi connectivity index (χ2v) is 20.4. The van der Waals surface area contributed by atoms with Crippen LogP contribution < -0.4 is 4.90 Å². The van der Waals surface area contributed by atoms with Gasteiger partial charge in [-0.25, -0.2) is 0 Å². The monoisotopic (exact) mass is 867 g/mol. The topological polar surface area (TPSA) is 3.24 Å². The third-order valence-electron chi connectivity index (χ3n) is 16.3. The van der Waals surface area contributed by atoms with Gasteiger partial charge < -0.3 is 4.90 Å².